The van der Waals surface area contributed by atoms with E-state index in [0.29, 0.717) is 30.3 Å². The van der Waals surface area contributed by atoms with Gasteiger partial charge >= 0.3 is 24.4 Å². The Hall–Kier alpha value is -3.00. The highest BCUT2D eigenvalue weighted by molar-refractivity contribution is 8.25. The minimum Gasteiger partial charge on any atom is -0.310 e. The summed E-state index contributed by atoms with van der Waals surface area (Å²) in [5.74, 6) is 0.374. The molecule has 2 fully saturated rings. The van der Waals surface area contributed by atoms with Crippen LogP contribution in [0.5, 0.6) is 0 Å². The van der Waals surface area contributed by atoms with Gasteiger partial charge in [-0.05, 0) is 77.9 Å². The van der Waals surface area contributed by atoms with Gasteiger partial charge in [0.15, 0.2) is 0 Å². The van der Waals surface area contributed by atoms with Crippen LogP contribution in [0.3, 0.4) is 0 Å². The highest BCUT2D eigenvalue weighted by atomic mass is 32.3. The van der Waals surface area contributed by atoms with Crippen LogP contribution in [0, 0.1) is 12.1 Å². The van der Waals surface area contributed by atoms with Gasteiger partial charge in [-0.2, -0.15) is 13.2 Å². The maximum atomic E-state index is 14.4. The molecule has 225 valence electrons. The van der Waals surface area contributed by atoms with Crippen molar-refractivity contribution in [3.63, 3.8) is 0 Å². The van der Waals surface area contributed by atoms with Gasteiger partial charge in [-0.25, -0.2) is 18.0 Å². The molecule has 2 atom stereocenters. The highest BCUT2D eigenvalue weighted by Gasteiger charge is 2.43. The van der Waals surface area contributed by atoms with Crippen molar-refractivity contribution in [3.8, 4) is 5.69 Å². The summed E-state index contributed by atoms with van der Waals surface area (Å²) in [6.07, 6.45) is 5.97. The highest BCUT2D eigenvalue weighted by Crippen LogP contribution is 2.55. The van der Waals surface area contributed by atoms with Gasteiger partial charge in [0.25, 0.3) is 0 Å². The zero-order chi connectivity index (χ0) is 29.8. The van der Waals surface area contributed by atoms with E-state index in [0.717, 1.165) is 41.9 Å². The summed E-state index contributed by atoms with van der Waals surface area (Å²) >= 11 is 0. The largest absolute Gasteiger partial charge is 0.418 e. The first kappa shape index (κ1) is 29.1. The van der Waals surface area contributed by atoms with Crippen LogP contribution in [0.2, 0.25) is 0 Å². The second kappa shape index (κ2) is 10.9. The molecule has 0 amide bonds. The molecule has 1 saturated carbocycles. The fourth-order valence-corrected chi connectivity index (χ4v) is 8.57. The Bertz CT molecular complexity index is 1610. The Morgan fingerprint density at radius 1 is 1.19 bits per heavy atom. The minimum atomic E-state index is -4.64. The summed E-state index contributed by atoms with van der Waals surface area (Å²) in [4.78, 5) is 13.7. The normalized spacial score (nSPS) is 24.7. The van der Waals surface area contributed by atoms with Crippen LogP contribution >= 0.6 is 10.7 Å². The molecular weight excluding hydrogens is 567 g/mol. The van der Waals surface area contributed by atoms with Gasteiger partial charge < -0.3 is 4.18 Å². The van der Waals surface area contributed by atoms with Crippen LogP contribution in [0.1, 0.15) is 48.8 Å². The molecule has 9 nitrogen and oxygen atoms in total. The van der Waals surface area contributed by atoms with Crippen molar-refractivity contribution < 1.29 is 21.9 Å². The van der Waals surface area contributed by atoms with E-state index in [2.05, 4.69) is 18.8 Å². The van der Waals surface area contributed by atoms with Crippen molar-refractivity contribution in [2.45, 2.75) is 44.8 Å². The average molecular weight is 604 g/mol. The van der Waals surface area contributed by atoms with Gasteiger partial charge in [0, 0.05) is 38.3 Å². The van der Waals surface area contributed by atoms with Gasteiger partial charge in [-0.15, -0.1) is 0 Å². The molecule has 0 N–H and O–H groups in total. The SMILES string of the molecule is CCOS1(C)N(C)CCN1Cc1cc(C(F)(F)F)c2cn(-c3cccc([C@H]([C]4N=NC=[N+]4C)C4CCC4)c3)c(=O)n2c1. The molecule has 1 saturated heterocycles. The van der Waals surface area contributed by atoms with E-state index >= 15 is 0 Å². The minimum absolute atomic E-state index is 0.0167. The van der Waals surface area contributed by atoms with E-state index in [1.165, 1.54) is 23.0 Å². The molecule has 6 rings (SSSR count). The van der Waals surface area contributed by atoms with E-state index in [1.807, 2.05) is 50.0 Å². The Labute approximate surface area is 244 Å². The summed E-state index contributed by atoms with van der Waals surface area (Å²) in [6, 6.07) is 8.65. The zero-order valence-corrected chi connectivity index (χ0v) is 25.0. The lowest BCUT2D eigenvalue weighted by Gasteiger charge is -2.43. The third kappa shape index (κ3) is 4.99. The van der Waals surface area contributed by atoms with Crippen molar-refractivity contribution in [2.75, 3.05) is 40.0 Å². The summed E-state index contributed by atoms with van der Waals surface area (Å²) in [7, 11) is 2.09. The number of hydrogen-bond acceptors (Lipinski definition) is 6. The Morgan fingerprint density at radius 3 is 2.62 bits per heavy atom. The summed E-state index contributed by atoms with van der Waals surface area (Å²) in [5.41, 5.74) is 0.319. The number of aromatic nitrogens is 2. The Kier molecular flexibility index (Phi) is 7.57. The number of imidazole rings is 1. The Balaban J connectivity index is 1.41. The maximum absolute atomic E-state index is 14.4. The topological polar surface area (TPSA) is 69.8 Å². The lowest BCUT2D eigenvalue weighted by molar-refractivity contribution is -0.480. The van der Waals surface area contributed by atoms with Crippen molar-refractivity contribution in [1.29, 1.82) is 0 Å². The molecule has 2 aromatic heterocycles. The standard InChI is InChI=1S/C29H36F3N7O2S/c1-5-41-42(4)36(3)12-13-37(42)16-20-14-24(29(30,31)32)25-18-38(28(40)39(25)17-20)23-11-7-10-22(15-23)26(21-8-6-9-21)27-34-33-19-35(27)2/h7,10-11,14-15,17-19,21,26H,5-6,8-9,12-13,16H2,1-4H3/q+1/t26-/m1/s1. The number of benzene rings is 1. The Morgan fingerprint density at radius 2 is 1.98 bits per heavy atom. The number of fused-ring (bicyclic) bond motifs is 1. The molecule has 1 radical (unpaired) electrons. The number of pyridine rings is 1. The summed E-state index contributed by atoms with van der Waals surface area (Å²) in [5, 5.41) is 8.44. The van der Waals surface area contributed by atoms with Crippen molar-refractivity contribution >= 4 is 22.5 Å². The second-order valence-electron chi connectivity index (χ2n) is 11.2. The first-order valence-electron chi connectivity index (χ1n) is 14.2. The van der Waals surface area contributed by atoms with Crippen molar-refractivity contribution in [3.05, 3.63) is 76.1 Å². The zero-order valence-electron chi connectivity index (χ0n) is 24.2. The van der Waals surface area contributed by atoms with Gasteiger partial charge in [-0.3, -0.25) is 8.97 Å². The van der Waals surface area contributed by atoms with Crippen molar-refractivity contribution in [1.82, 2.24) is 17.6 Å². The lowest BCUT2D eigenvalue weighted by atomic mass is 9.71. The molecule has 1 aliphatic carbocycles. The predicted molar refractivity (Wildman–Crippen MR) is 157 cm³/mol. The van der Waals surface area contributed by atoms with Gasteiger partial charge in [0.05, 0.1) is 41.5 Å². The summed E-state index contributed by atoms with van der Waals surface area (Å²) < 4.78 is 57.8. The van der Waals surface area contributed by atoms with E-state index < -0.39 is 28.1 Å². The van der Waals surface area contributed by atoms with E-state index in [9.17, 15) is 18.0 Å². The number of hydrogen-bond donors (Lipinski definition) is 0. The van der Waals surface area contributed by atoms with E-state index in [4.69, 9.17) is 4.18 Å². The van der Waals surface area contributed by atoms with E-state index in [1.54, 1.807) is 12.4 Å². The molecule has 4 heterocycles. The van der Waals surface area contributed by atoms with Crippen LogP contribution < -0.4 is 5.69 Å². The molecule has 3 aromatic rings. The van der Waals surface area contributed by atoms with Crippen LogP contribution in [-0.4, -0.2) is 68.5 Å². The van der Waals surface area contributed by atoms with Crippen LogP contribution in [-0.2, 0) is 16.9 Å². The first-order valence-corrected chi connectivity index (χ1v) is 16.1. The molecule has 0 bridgehead atoms. The average Bonchev–Trinajstić information content (AvgIpc) is 3.57. The molecular formula is C29H36F3N7O2S+. The molecule has 0 spiro atoms. The lowest BCUT2D eigenvalue weighted by Crippen LogP contribution is -2.29. The number of halogens is 3. The van der Waals surface area contributed by atoms with Crippen molar-refractivity contribution in [2.24, 2.45) is 16.1 Å². The quantitative estimate of drug-likeness (QED) is 0.315. The maximum Gasteiger partial charge on any atom is 0.418 e. The number of alkyl halides is 3. The summed E-state index contributed by atoms with van der Waals surface area (Å²) in [6.45, 7) is 4.07. The fourth-order valence-electron chi connectivity index (χ4n) is 6.17. The monoisotopic (exact) mass is 603 g/mol. The number of rotatable bonds is 8. The smallest absolute Gasteiger partial charge is 0.310 e. The van der Waals surface area contributed by atoms with Crippen LogP contribution in [0.4, 0.5) is 13.2 Å². The van der Waals surface area contributed by atoms with Crippen LogP contribution in [0.15, 0.2) is 57.7 Å². The first-order chi connectivity index (χ1) is 20.0. The molecule has 13 heteroatoms. The number of nitrogens with zero attached hydrogens (tertiary/aromatic N) is 7. The van der Waals surface area contributed by atoms with E-state index in [-0.39, 0.29) is 18.0 Å². The fraction of sp³-hybridized carbons (Fsp3) is 0.483. The second-order valence-corrected chi connectivity index (χ2v) is 14.1. The number of likely N-dealkylation sites (N-methyl/N-ethyl adjacent to an activating group) is 2. The number of azo groups is 1. The predicted octanol–water partition coefficient (Wildman–Crippen LogP) is 5.58. The third-order valence-corrected chi connectivity index (χ3v) is 12.0. The van der Waals surface area contributed by atoms with Gasteiger partial charge in [-0.1, -0.05) is 18.6 Å². The molecule has 2 aliphatic heterocycles. The third-order valence-electron chi connectivity index (χ3n) is 8.70. The van der Waals surface area contributed by atoms with Gasteiger partial charge in [0.1, 0.15) is 0 Å². The van der Waals surface area contributed by atoms with Crippen LogP contribution in [0.25, 0.3) is 11.2 Å². The molecule has 3 aliphatic rings. The molecule has 42 heavy (non-hydrogen) atoms. The molecule has 1 aromatic carbocycles. The van der Waals surface area contributed by atoms with Gasteiger partial charge in [0.2, 0.25) is 0 Å². The molecule has 1 unspecified atom stereocenters.